The summed E-state index contributed by atoms with van der Waals surface area (Å²) < 4.78 is 43.8. The Hall–Kier alpha value is -1.31. The normalized spacial score (nSPS) is 23.0. The van der Waals surface area contributed by atoms with Crippen molar-refractivity contribution in [3.05, 3.63) is 18.2 Å². The zero-order valence-corrected chi connectivity index (χ0v) is 12.7. The first-order chi connectivity index (χ1) is 10.1. The van der Waals surface area contributed by atoms with Gasteiger partial charge in [0.15, 0.2) is 11.5 Å². The highest BCUT2D eigenvalue weighted by Crippen LogP contribution is 2.32. The molecule has 3 rings (SSSR count). The molecule has 2 atom stereocenters. The van der Waals surface area contributed by atoms with E-state index in [0.717, 1.165) is 12.8 Å². The summed E-state index contributed by atoms with van der Waals surface area (Å²) in [4.78, 5) is 0.177. The van der Waals surface area contributed by atoms with Crippen LogP contribution in [0.25, 0.3) is 0 Å². The van der Waals surface area contributed by atoms with Gasteiger partial charge in [-0.05, 0) is 31.9 Å². The van der Waals surface area contributed by atoms with Gasteiger partial charge in [-0.15, -0.1) is 0 Å². The zero-order valence-electron chi connectivity index (χ0n) is 11.9. The molecule has 1 N–H and O–H groups in total. The number of rotatable bonds is 4. The van der Waals surface area contributed by atoms with Crippen molar-refractivity contribution in [1.82, 2.24) is 4.72 Å². The molecule has 1 fully saturated rings. The number of nitrogens with one attached hydrogen (secondary N) is 1. The summed E-state index contributed by atoms with van der Waals surface area (Å²) in [6.07, 6.45) is 1.79. The predicted octanol–water partition coefficient (Wildman–Crippen LogP) is 1.30. The Labute approximate surface area is 124 Å². The monoisotopic (exact) mass is 313 g/mol. The predicted molar refractivity (Wildman–Crippen MR) is 76.2 cm³/mol. The summed E-state index contributed by atoms with van der Waals surface area (Å²) in [7, 11) is -3.60. The standard InChI is InChI=1S/C14H19NO5S/c1-10(12-3-2-6-18-12)15-21(16,17)11-4-5-13-14(9-11)20-8-7-19-13/h4-5,9-10,12,15H,2-3,6-8H2,1H3. The lowest BCUT2D eigenvalue weighted by Gasteiger charge is -2.21. The summed E-state index contributed by atoms with van der Waals surface area (Å²) in [5.74, 6) is 1.04. The van der Waals surface area contributed by atoms with Crippen LogP contribution in [0.4, 0.5) is 0 Å². The number of hydrogen-bond acceptors (Lipinski definition) is 5. The fourth-order valence-electron chi connectivity index (χ4n) is 2.58. The van der Waals surface area contributed by atoms with Crippen LogP contribution in [0.1, 0.15) is 19.8 Å². The minimum absolute atomic E-state index is 0.0583. The molecule has 0 amide bonds. The van der Waals surface area contributed by atoms with Crippen molar-refractivity contribution >= 4 is 10.0 Å². The van der Waals surface area contributed by atoms with Crippen LogP contribution >= 0.6 is 0 Å². The van der Waals surface area contributed by atoms with E-state index in [1.165, 1.54) is 12.1 Å². The van der Waals surface area contributed by atoms with Crippen molar-refractivity contribution in [2.45, 2.75) is 36.8 Å². The highest BCUT2D eigenvalue weighted by atomic mass is 32.2. The van der Waals surface area contributed by atoms with E-state index in [1.54, 1.807) is 6.07 Å². The molecular formula is C14H19NO5S. The average molecular weight is 313 g/mol. The van der Waals surface area contributed by atoms with E-state index in [4.69, 9.17) is 14.2 Å². The van der Waals surface area contributed by atoms with E-state index >= 15 is 0 Å². The van der Waals surface area contributed by atoms with Crippen LogP contribution in [0.5, 0.6) is 11.5 Å². The lowest BCUT2D eigenvalue weighted by Crippen LogP contribution is -2.40. The number of benzene rings is 1. The lowest BCUT2D eigenvalue weighted by molar-refractivity contribution is 0.0902. The van der Waals surface area contributed by atoms with Crippen molar-refractivity contribution in [2.24, 2.45) is 0 Å². The molecule has 2 unspecified atom stereocenters. The van der Waals surface area contributed by atoms with E-state index in [2.05, 4.69) is 4.72 Å². The smallest absolute Gasteiger partial charge is 0.241 e. The number of sulfonamides is 1. The maximum atomic E-state index is 12.4. The van der Waals surface area contributed by atoms with E-state index in [-0.39, 0.29) is 17.0 Å². The second-order valence-electron chi connectivity index (χ2n) is 5.27. The van der Waals surface area contributed by atoms with Gasteiger partial charge in [0.05, 0.1) is 11.0 Å². The van der Waals surface area contributed by atoms with Gasteiger partial charge in [0, 0.05) is 18.7 Å². The van der Waals surface area contributed by atoms with Crippen LogP contribution in [-0.4, -0.2) is 40.4 Å². The van der Waals surface area contributed by atoms with Crippen molar-refractivity contribution < 1.29 is 22.6 Å². The number of ether oxygens (including phenoxy) is 3. The topological polar surface area (TPSA) is 73.9 Å². The van der Waals surface area contributed by atoms with E-state index in [9.17, 15) is 8.42 Å². The molecule has 1 saturated heterocycles. The first kappa shape index (κ1) is 14.6. The molecule has 2 heterocycles. The Morgan fingerprint density at radius 3 is 2.67 bits per heavy atom. The number of hydrogen-bond donors (Lipinski definition) is 1. The fraction of sp³-hybridized carbons (Fsp3) is 0.571. The van der Waals surface area contributed by atoms with Crippen molar-refractivity contribution in [3.8, 4) is 11.5 Å². The molecule has 0 aromatic heterocycles. The van der Waals surface area contributed by atoms with Gasteiger partial charge in [-0.3, -0.25) is 0 Å². The van der Waals surface area contributed by atoms with Crippen molar-refractivity contribution in [2.75, 3.05) is 19.8 Å². The summed E-state index contributed by atoms with van der Waals surface area (Å²) in [6.45, 7) is 3.43. The molecular weight excluding hydrogens is 294 g/mol. The van der Waals surface area contributed by atoms with Gasteiger partial charge in [-0.1, -0.05) is 0 Å². The Balaban J connectivity index is 1.77. The third kappa shape index (κ3) is 3.14. The Bertz CT molecular complexity index is 610. The molecule has 0 radical (unpaired) electrons. The highest BCUT2D eigenvalue weighted by molar-refractivity contribution is 7.89. The van der Waals surface area contributed by atoms with Gasteiger partial charge in [-0.2, -0.15) is 0 Å². The molecule has 1 aromatic rings. The maximum absolute atomic E-state index is 12.4. The van der Waals surface area contributed by atoms with E-state index < -0.39 is 10.0 Å². The fourth-order valence-corrected chi connectivity index (χ4v) is 3.86. The molecule has 0 saturated carbocycles. The van der Waals surface area contributed by atoms with Crippen LogP contribution in [0.15, 0.2) is 23.1 Å². The first-order valence-corrected chi connectivity index (χ1v) is 8.58. The number of fused-ring (bicyclic) bond motifs is 1. The minimum Gasteiger partial charge on any atom is -0.486 e. The van der Waals surface area contributed by atoms with Crippen LogP contribution < -0.4 is 14.2 Å². The van der Waals surface area contributed by atoms with Crippen molar-refractivity contribution in [3.63, 3.8) is 0 Å². The quantitative estimate of drug-likeness (QED) is 0.907. The van der Waals surface area contributed by atoms with Gasteiger partial charge in [0.25, 0.3) is 0 Å². The highest BCUT2D eigenvalue weighted by Gasteiger charge is 2.27. The maximum Gasteiger partial charge on any atom is 0.241 e. The molecule has 21 heavy (non-hydrogen) atoms. The third-order valence-corrected chi connectivity index (χ3v) is 5.24. The summed E-state index contributed by atoms with van der Waals surface area (Å²) in [5, 5.41) is 0. The largest absolute Gasteiger partial charge is 0.486 e. The average Bonchev–Trinajstić information content (AvgIpc) is 3.00. The Kier molecular flexibility index (Phi) is 4.05. The Morgan fingerprint density at radius 2 is 1.95 bits per heavy atom. The van der Waals surface area contributed by atoms with Gasteiger partial charge in [0.1, 0.15) is 13.2 Å². The third-order valence-electron chi connectivity index (χ3n) is 3.69. The SMILES string of the molecule is CC(NS(=O)(=O)c1ccc2c(c1)OCCO2)C1CCCO1. The lowest BCUT2D eigenvalue weighted by atomic mass is 10.1. The second kappa shape index (κ2) is 5.82. The van der Waals surface area contributed by atoms with Gasteiger partial charge >= 0.3 is 0 Å². The second-order valence-corrected chi connectivity index (χ2v) is 6.98. The van der Waals surface area contributed by atoms with Gasteiger partial charge < -0.3 is 14.2 Å². The Morgan fingerprint density at radius 1 is 1.19 bits per heavy atom. The molecule has 0 spiro atoms. The van der Waals surface area contributed by atoms with Crippen LogP contribution in [0.3, 0.4) is 0 Å². The van der Waals surface area contributed by atoms with Crippen LogP contribution in [-0.2, 0) is 14.8 Å². The summed E-state index contributed by atoms with van der Waals surface area (Å²) in [5.41, 5.74) is 0. The summed E-state index contributed by atoms with van der Waals surface area (Å²) >= 11 is 0. The zero-order chi connectivity index (χ0) is 14.9. The molecule has 0 bridgehead atoms. The van der Waals surface area contributed by atoms with E-state index in [0.29, 0.717) is 31.3 Å². The molecule has 7 heteroatoms. The molecule has 2 aliphatic rings. The van der Waals surface area contributed by atoms with E-state index in [1.807, 2.05) is 6.92 Å². The van der Waals surface area contributed by atoms with Crippen molar-refractivity contribution in [1.29, 1.82) is 0 Å². The molecule has 1 aromatic carbocycles. The van der Waals surface area contributed by atoms with Gasteiger partial charge in [0.2, 0.25) is 10.0 Å². The molecule has 0 aliphatic carbocycles. The molecule has 116 valence electrons. The first-order valence-electron chi connectivity index (χ1n) is 7.10. The molecule has 6 nitrogen and oxygen atoms in total. The molecule has 2 aliphatic heterocycles. The summed E-state index contributed by atoms with van der Waals surface area (Å²) in [6, 6.07) is 4.39. The van der Waals surface area contributed by atoms with Crippen LogP contribution in [0, 0.1) is 0 Å². The van der Waals surface area contributed by atoms with Crippen LogP contribution in [0.2, 0.25) is 0 Å². The minimum atomic E-state index is -3.60. The van der Waals surface area contributed by atoms with Gasteiger partial charge in [-0.25, -0.2) is 13.1 Å².